The van der Waals surface area contributed by atoms with Crippen molar-refractivity contribution in [3.8, 4) is 0 Å². The molecule has 2 nitrogen and oxygen atoms in total. The lowest BCUT2D eigenvalue weighted by Gasteiger charge is -2.45. The second-order valence-corrected chi connectivity index (χ2v) is 12.6. The van der Waals surface area contributed by atoms with E-state index in [2.05, 4.69) is 71.1 Å². The summed E-state index contributed by atoms with van der Waals surface area (Å²) in [7, 11) is -1.85. The van der Waals surface area contributed by atoms with E-state index >= 15 is 0 Å². The maximum atomic E-state index is 6.92. The lowest BCUT2D eigenvalue weighted by atomic mass is 10.0. The Hall–Kier alpha value is -0.643. The molecule has 1 atom stereocenters. The van der Waals surface area contributed by atoms with Gasteiger partial charge in [0.15, 0.2) is 0 Å². The first kappa shape index (κ1) is 16.7. The van der Waals surface area contributed by atoms with E-state index in [1.807, 2.05) is 0 Å². The van der Waals surface area contributed by atoms with Crippen LogP contribution in [0.25, 0.3) is 0 Å². The summed E-state index contributed by atoms with van der Waals surface area (Å²) < 4.78 is 6.92. The van der Waals surface area contributed by atoms with E-state index in [0.717, 1.165) is 13.0 Å². The average molecular weight is 306 g/mol. The third kappa shape index (κ3) is 3.10. The Labute approximate surface area is 131 Å². The monoisotopic (exact) mass is 305 g/mol. The van der Waals surface area contributed by atoms with Gasteiger partial charge in [0.05, 0.1) is 0 Å². The van der Waals surface area contributed by atoms with Crippen LogP contribution in [0.3, 0.4) is 0 Å². The van der Waals surface area contributed by atoms with Crippen molar-refractivity contribution < 1.29 is 4.43 Å². The Morgan fingerprint density at radius 2 is 1.57 bits per heavy atom. The van der Waals surface area contributed by atoms with Crippen LogP contribution in [-0.2, 0) is 10.8 Å². The summed E-state index contributed by atoms with van der Waals surface area (Å²) in [6, 6.07) is 8.74. The molecule has 0 saturated carbocycles. The smallest absolute Gasteiger partial charge is 0.202 e. The van der Waals surface area contributed by atoms with E-state index in [1.165, 1.54) is 11.1 Å². The molecule has 21 heavy (non-hydrogen) atoms. The van der Waals surface area contributed by atoms with Crippen LogP contribution in [0.4, 0.5) is 0 Å². The Morgan fingerprint density at radius 1 is 1.00 bits per heavy atom. The van der Waals surface area contributed by atoms with Gasteiger partial charge in [0.1, 0.15) is 6.23 Å². The summed E-state index contributed by atoms with van der Waals surface area (Å²) in [5, 5.41) is 3.61. The highest BCUT2D eigenvalue weighted by atomic mass is 28.4. The largest absolute Gasteiger partial charge is 0.397 e. The van der Waals surface area contributed by atoms with Gasteiger partial charge in [-0.2, -0.15) is 0 Å². The summed E-state index contributed by atoms with van der Waals surface area (Å²) in [6.45, 7) is 15.1. The van der Waals surface area contributed by atoms with Crippen molar-refractivity contribution >= 4 is 8.32 Å². The van der Waals surface area contributed by atoms with Crippen LogP contribution in [-0.4, -0.2) is 14.9 Å². The van der Waals surface area contributed by atoms with E-state index in [-0.39, 0.29) is 6.23 Å². The van der Waals surface area contributed by atoms with E-state index in [1.54, 1.807) is 0 Å². The molecule has 1 aromatic rings. The summed E-state index contributed by atoms with van der Waals surface area (Å²) in [5.74, 6) is 0. The van der Waals surface area contributed by atoms with Gasteiger partial charge in [0.25, 0.3) is 0 Å². The van der Waals surface area contributed by atoms with Gasteiger partial charge in [0, 0.05) is 6.54 Å². The molecular formula is C18H31NOSi. The van der Waals surface area contributed by atoms with Gasteiger partial charge in [-0.15, -0.1) is 0 Å². The molecule has 1 aromatic carbocycles. The number of hydrogen-bond donors (Lipinski definition) is 1. The minimum atomic E-state index is -1.85. The minimum absolute atomic E-state index is 0.0776. The second-order valence-electron chi connectivity index (χ2n) is 7.22. The number of rotatable bonds is 5. The third-order valence-electron chi connectivity index (χ3n) is 5.09. The molecule has 1 heterocycles. The van der Waals surface area contributed by atoms with Crippen LogP contribution >= 0.6 is 0 Å². The molecule has 1 aliphatic heterocycles. The van der Waals surface area contributed by atoms with Gasteiger partial charge in [0.2, 0.25) is 8.32 Å². The molecule has 0 aromatic heterocycles. The summed E-state index contributed by atoms with van der Waals surface area (Å²) in [4.78, 5) is 0. The fraction of sp³-hybridized carbons (Fsp3) is 0.667. The summed E-state index contributed by atoms with van der Waals surface area (Å²) in [6.07, 6.45) is 1.18. The quantitative estimate of drug-likeness (QED) is 0.771. The molecule has 0 bridgehead atoms. The Kier molecular flexibility index (Phi) is 5.28. The molecule has 1 unspecified atom stereocenters. The topological polar surface area (TPSA) is 21.3 Å². The first-order valence-electron chi connectivity index (χ1n) is 8.38. The average Bonchev–Trinajstić information content (AvgIpc) is 2.43. The van der Waals surface area contributed by atoms with E-state index < -0.39 is 8.32 Å². The van der Waals surface area contributed by atoms with Gasteiger partial charge in [-0.3, -0.25) is 5.32 Å². The maximum Gasteiger partial charge on any atom is 0.202 e. The van der Waals surface area contributed by atoms with Crippen LogP contribution in [0, 0.1) is 0 Å². The zero-order valence-electron chi connectivity index (χ0n) is 14.4. The predicted molar refractivity (Wildman–Crippen MR) is 93.0 cm³/mol. The zero-order valence-corrected chi connectivity index (χ0v) is 15.4. The zero-order chi connectivity index (χ0) is 15.6. The highest BCUT2D eigenvalue weighted by Crippen LogP contribution is 2.45. The Morgan fingerprint density at radius 3 is 2.14 bits per heavy atom. The normalized spacial score (nSPS) is 19.4. The van der Waals surface area contributed by atoms with Crippen molar-refractivity contribution in [1.29, 1.82) is 0 Å². The van der Waals surface area contributed by atoms with Crippen molar-refractivity contribution in [1.82, 2.24) is 5.32 Å². The molecule has 0 saturated heterocycles. The molecule has 118 valence electrons. The summed E-state index contributed by atoms with van der Waals surface area (Å²) >= 11 is 0. The van der Waals surface area contributed by atoms with Crippen LogP contribution < -0.4 is 5.32 Å². The lowest BCUT2D eigenvalue weighted by Crippen LogP contribution is -2.51. The molecule has 1 N–H and O–H groups in total. The van der Waals surface area contributed by atoms with Gasteiger partial charge in [-0.05, 0) is 34.2 Å². The second kappa shape index (κ2) is 6.63. The molecule has 0 aliphatic carbocycles. The van der Waals surface area contributed by atoms with Crippen molar-refractivity contribution in [3.05, 3.63) is 35.4 Å². The molecule has 0 fully saturated rings. The molecule has 0 radical (unpaired) electrons. The molecule has 3 heteroatoms. The van der Waals surface area contributed by atoms with E-state index in [9.17, 15) is 0 Å². The highest BCUT2D eigenvalue weighted by molar-refractivity contribution is 6.77. The standard InChI is InChI=1S/C18H31NOSi/c1-13(2)21(14(3)4,15(5)6)20-18-17-10-8-7-9-16(17)11-12-19-18/h7-10,13-15,18-19H,11-12H2,1-6H3. The predicted octanol–water partition coefficient (Wildman–Crippen LogP) is 5.02. The van der Waals surface area contributed by atoms with Crippen LogP contribution in [0.1, 0.15) is 58.9 Å². The van der Waals surface area contributed by atoms with Gasteiger partial charge >= 0.3 is 0 Å². The van der Waals surface area contributed by atoms with Crippen molar-refractivity contribution in [3.63, 3.8) is 0 Å². The molecular weight excluding hydrogens is 274 g/mol. The molecule has 0 amide bonds. The SMILES string of the molecule is CC(C)[Si](OC1NCCc2ccccc21)(C(C)C)C(C)C. The third-order valence-corrected chi connectivity index (χ3v) is 11.1. The number of benzene rings is 1. The van der Waals surface area contributed by atoms with Crippen molar-refractivity contribution in [2.45, 2.75) is 70.8 Å². The minimum Gasteiger partial charge on any atom is -0.397 e. The van der Waals surface area contributed by atoms with Gasteiger partial charge in [-0.1, -0.05) is 65.8 Å². The molecule has 1 aliphatic rings. The first-order valence-corrected chi connectivity index (χ1v) is 10.5. The van der Waals surface area contributed by atoms with Crippen molar-refractivity contribution in [2.24, 2.45) is 0 Å². The van der Waals surface area contributed by atoms with E-state index in [4.69, 9.17) is 4.43 Å². The molecule has 2 rings (SSSR count). The Bertz CT molecular complexity index is 448. The fourth-order valence-corrected chi connectivity index (χ4v) is 9.62. The van der Waals surface area contributed by atoms with Crippen LogP contribution in [0.5, 0.6) is 0 Å². The van der Waals surface area contributed by atoms with Crippen LogP contribution in [0.2, 0.25) is 16.6 Å². The Balaban J connectivity index is 2.34. The van der Waals surface area contributed by atoms with E-state index in [0.29, 0.717) is 16.6 Å². The first-order chi connectivity index (χ1) is 9.89. The number of nitrogens with one attached hydrogen (secondary N) is 1. The van der Waals surface area contributed by atoms with Crippen LogP contribution in [0.15, 0.2) is 24.3 Å². The number of fused-ring (bicyclic) bond motifs is 1. The highest BCUT2D eigenvalue weighted by Gasteiger charge is 2.47. The molecule has 0 spiro atoms. The number of hydrogen-bond acceptors (Lipinski definition) is 2. The maximum absolute atomic E-state index is 6.92. The van der Waals surface area contributed by atoms with Gasteiger partial charge < -0.3 is 4.43 Å². The van der Waals surface area contributed by atoms with Gasteiger partial charge in [-0.25, -0.2) is 0 Å². The fourth-order valence-electron chi connectivity index (χ4n) is 4.18. The van der Waals surface area contributed by atoms with Crippen molar-refractivity contribution in [2.75, 3.05) is 6.54 Å². The lowest BCUT2D eigenvalue weighted by molar-refractivity contribution is 0.134. The summed E-state index contributed by atoms with van der Waals surface area (Å²) in [5.41, 5.74) is 4.65.